The molecule has 3 heteroatoms. The van der Waals surface area contributed by atoms with Crippen molar-refractivity contribution in [3.8, 4) is 28.2 Å². The highest BCUT2D eigenvalue weighted by atomic mass is 15.0. The molecule has 0 amide bonds. The van der Waals surface area contributed by atoms with Crippen LogP contribution in [0.15, 0.2) is 116 Å². The van der Waals surface area contributed by atoms with E-state index in [1.54, 1.807) is 0 Å². The van der Waals surface area contributed by atoms with Crippen molar-refractivity contribution in [2.45, 2.75) is 0 Å². The van der Waals surface area contributed by atoms with Gasteiger partial charge in [-0.2, -0.15) is 0 Å². The van der Waals surface area contributed by atoms with Crippen molar-refractivity contribution in [1.29, 1.82) is 0 Å². The van der Waals surface area contributed by atoms with Crippen LogP contribution in [0.3, 0.4) is 0 Å². The number of hydrogen-bond donors (Lipinski definition) is 0. The Labute approximate surface area is 186 Å². The maximum atomic E-state index is 4.56. The molecule has 32 heavy (non-hydrogen) atoms. The molecule has 0 unspecified atom stereocenters. The molecule has 6 aromatic rings. The molecule has 0 saturated heterocycles. The molecule has 0 fully saturated rings. The Morgan fingerprint density at radius 3 is 2.38 bits per heavy atom. The van der Waals surface area contributed by atoms with Gasteiger partial charge in [0.25, 0.3) is 0 Å². The highest BCUT2D eigenvalue weighted by Gasteiger charge is 2.15. The molecule has 3 aromatic heterocycles. The van der Waals surface area contributed by atoms with Crippen molar-refractivity contribution < 1.29 is 4.57 Å². The van der Waals surface area contributed by atoms with Crippen molar-refractivity contribution in [2.75, 3.05) is 0 Å². The van der Waals surface area contributed by atoms with Gasteiger partial charge in [0, 0.05) is 45.9 Å². The van der Waals surface area contributed by atoms with Crippen molar-refractivity contribution in [3.05, 3.63) is 116 Å². The number of hydrogen-bond acceptors (Lipinski definition) is 1. The molecule has 0 aliphatic rings. The van der Waals surface area contributed by atoms with Crippen molar-refractivity contribution >= 4 is 21.8 Å². The number of aromatic nitrogens is 3. The molecule has 3 nitrogen and oxygen atoms in total. The monoisotopic (exact) mass is 412 g/mol. The Balaban J connectivity index is 1.63. The van der Waals surface area contributed by atoms with Gasteiger partial charge in [0.2, 0.25) is 5.69 Å². The molecule has 0 spiro atoms. The molecule has 0 bridgehead atoms. The summed E-state index contributed by atoms with van der Waals surface area (Å²) in [5.41, 5.74) is 8.01. The number of aryl methyl sites for hydroxylation is 1. The largest absolute Gasteiger partial charge is 0.309 e. The minimum absolute atomic E-state index is 0.983. The van der Waals surface area contributed by atoms with E-state index >= 15 is 0 Å². The number of fused-ring (bicyclic) bond motifs is 3. The fourth-order valence-electron chi connectivity index (χ4n) is 4.57. The second-order valence-corrected chi connectivity index (χ2v) is 8.05. The van der Waals surface area contributed by atoms with E-state index in [0.717, 1.165) is 16.9 Å². The minimum atomic E-state index is 0.983. The van der Waals surface area contributed by atoms with Crippen LogP contribution in [-0.2, 0) is 7.05 Å². The molecule has 0 aliphatic heterocycles. The highest BCUT2D eigenvalue weighted by molar-refractivity contribution is 6.10. The summed E-state index contributed by atoms with van der Waals surface area (Å²) >= 11 is 0. The lowest BCUT2D eigenvalue weighted by Gasteiger charge is -2.10. The standard InChI is InChI=1S/C29H22N3/c1-31-18-7-5-13-27(31)22-9-8-10-23(19-22)32-28-14-3-2-11-24(28)25-16-15-21(20-29(25)32)26-12-4-6-17-30-26/h2-20H,1H3/q+1. The van der Waals surface area contributed by atoms with Crippen LogP contribution < -0.4 is 4.57 Å². The molecule has 152 valence electrons. The summed E-state index contributed by atoms with van der Waals surface area (Å²) in [5, 5.41) is 2.50. The second kappa shape index (κ2) is 7.47. The molecule has 6 rings (SSSR count). The third kappa shape index (κ3) is 2.98. The molecule has 3 heterocycles. The van der Waals surface area contributed by atoms with Gasteiger partial charge < -0.3 is 4.57 Å². The smallest absolute Gasteiger partial charge is 0.212 e. The zero-order chi connectivity index (χ0) is 21.5. The van der Waals surface area contributed by atoms with Crippen molar-refractivity contribution in [1.82, 2.24) is 9.55 Å². The SMILES string of the molecule is C[n+]1ccccc1-c1cccc(-n2c3ccccc3c3ccc(-c4ccccn4)cc32)c1. The first-order valence-corrected chi connectivity index (χ1v) is 10.8. The molecule has 3 aromatic carbocycles. The first kappa shape index (κ1) is 18.5. The van der Waals surface area contributed by atoms with E-state index in [9.17, 15) is 0 Å². The summed E-state index contributed by atoms with van der Waals surface area (Å²) in [5.74, 6) is 0. The Morgan fingerprint density at radius 2 is 1.50 bits per heavy atom. The third-order valence-electron chi connectivity index (χ3n) is 6.09. The van der Waals surface area contributed by atoms with E-state index in [2.05, 4.69) is 118 Å². The van der Waals surface area contributed by atoms with Crippen LogP contribution in [0.25, 0.3) is 50.0 Å². The summed E-state index contributed by atoms with van der Waals surface area (Å²) in [6.07, 6.45) is 3.93. The number of para-hydroxylation sites is 1. The summed E-state index contributed by atoms with van der Waals surface area (Å²) in [4.78, 5) is 4.56. The molecule has 0 radical (unpaired) electrons. The van der Waals surface area contributed by atoms with Crippen LogP contribution in [0, 0.1) is 0 Å². The Morgan fingerprint density at radius 1 is 0.656 bits per heavy atom. The third-order valence-corrected chi connectivity index (χ3v) is 6.09. The average molecular weight is 413 g/mol. The predicted molar refractivity (Wildman–Crippen MR) is 131 cm³/mol. The predicted octanol–water partition coefficient (Wildman–Crippen LogP) is 6.34. The molecular formula is C29H22N3+. The van der Waals surface area contributed by atoms with Gasteiger partial charge >= 0.3 is 0 Å². The Kier molecular flexibility index (Phi) is 4.32. The molecule has 0 aliphatic carbocycles. The van der Waals surface area contributed by atoms with E-state index in [1.165, 1.54) is 33.1 Å². The lowest BCUT2D eigenvalue weighted by atomic mass is 10.1. The molecule has 0 atom stereocenters. The van der Waals surface area contributed by atoms with Crippen LogP contribution in [0.4, 0.5) is 0 Å². The Hall–Kier alpha value is -4.24. The average Bonchev–Trinajstić information content (AvgIpc) is 3.19. The molecular weight excluding hydrogens is 390 g/mol. The maximum absolute atomic E-state index is 4.56. The number of nitrogens with zero attached hydrogens (tertiary/aromatic N) is 3. The first-order chi connectivity index (χ1) is 15.8. The van der Waals surface area contributed by atoms with E-state index in [-0.39, 0.29) is 0 Å². The van der Waals surface area contributed by atoms with Gasteiger partial charge in [-0.1, -0.05) is 42.5 Å². The fourth-order valence-corrected chi connectivity index (χ4v) is 4.57. The number of benzene rings is 3. The van der Waals surface area contributed by atoms with E-state index in [0.29, 0.717) is 0 Å². The van der Waals surface area contributed by atoms with Gasteiger partial charge in [-0.15, -0.1) is 0 Å². The van der Waals surface area contributed by atoms with E-state index in [4.69, 9.17) is 0 Å². The lowest BCUT2D eigenvalue weighted by Crippen LogP contribution is -2.29. The van der Waals surface area contributed by atoms with E-state index < -0.39 is 0 Å². The van der Waals surface area contributed by atoms with E-state index in [1.807, 2.05) is 18.3 Å². The maximum Gasteiger partial charge on any atom is 0.212 e. The highest BCUT2D eigenvalue weighted by Crippen LogP contribution is 2.35. The summed E-state index contributed by atoms with van der Waals surface area (Å²) < 4.78 is 4.52. The molecule has 0 N–H and O–H groups in total. The first-order valence-electron chi connectivity index (χ1n) is 10.8. The quantitative estimate of drug-likeness (QED) is 0.311. The van der Waals surface area contributed by atoms with Crippen LogP contribution in [-0.4, -0.2) is 9.55 Å². The van der Waals surface area contributed by atoms with Gasteiger partial charge in [0.05, 0.1) is 16.7 Å². The fraction of sp³-hybridized carbons (Fsp3) is 0.0345. The second-order valence-electron chi connectivity index (χ2n) is 8.05. The summed E-state index contributed by atoms with van der Waals surface area (Å²) in [6.45, 7) is 0. The van der Waals surface area contributed by atoms with Gasteiger partial charge in [-0.3, -0.25) is 4.98 Å². The van der Waals surface area contributed by atoms with Crippen molar-refractivity contribution in [3.63, 3.8) is 0 Å². The summed E-state index contributed by atoms with van der Waals surface area (Å²) in [6, 6.07) is 36.4. The lowest BCUT2D eigenvalue weighted by molar-refractivity contribution is -0.660. The van der Waals surface area contributed by atoms with Crippen LogP contribution in [0.5, 0.6) is 0 Å². The topological polar surface area (TPSA) is 21.7 Å². The van der Waals surface area contributed by atoms with Gasteiger partial charge in [-0.05, 0) is 48.5 Å². The number of rotatable bonds is 3. The number of pyridine rings is 2. The van der Waals surface area contributed by atoms with Crippen LogP contribution >= 0.6 is 0 Å². The van der Waals surface area contributed by atoms with Gasteiger partial charge in [0.1, 0.15) is 7.05 Å². The van der Waals surface area contributed by atoms with Gasteiger partial charge in [0.15, 0.2) is 6.20 Å². The van der Waals surface area contributed by atoms with Crippen molar-refractivity contribution in [2.24, 2.45) is 7.05 Å². The molecule has 0 saturated carbocycles. The normalized spacial score (nSPS) is 11.3. The minimum Gasteiger partial charge on any atom is -0.309 e. The van der Waals surface area contributed by atoms with Gasteiger partial charge in [-0.25, -0.2) is 4.57 Å². The van der Waals surface area contributed by atoms with Crippen LogP contribution in [0.2, 0.25) is 0 Å². The zero-order valence-corrected chi connectivity index (χ0v) is 17.8. The Bertz CT molecular complexity index is 1580. The zero-order valence-electron chi connectivity index (χ0n) is 17.8. The van der Waals surface area contributed by atoms with Crippen LogP contribution in [0.1, 0.15) is 0 Å². The summed E-state index contributed by atoms with van der Waals surface area (Å²) in [7, 11) is 2.08.